The van der Waals surface area contributed by atoms with Crippen molar-refractivity contribution < 1.29 is 19.1 Å². The highest BCUT2D eigenvalue weighted by atomic mass is 16.6. The number of ketones is 1. The van der Waals surface area contributed by atoms with E-state index in [9.17, 15) is 14.4 Å². The van der Waals surface area contributed by atoms with E-state index in [2.05, 4.69) is 10.6 Å². The number of rotatable bonds is 9. The van der Waals surface area contributed by atoms with Crippen LogP contribution in [-0.2, 0) is 16.0 Å². The van der Waals surface area contributed by atoms with Gasteiger partial charge in [-0.25, -0.2) is 4.79 Å². The smallest absolute Gasteiger partial charge is 0.412 e. The number of allylic oxidation sites excluding steroid dienone is 1. The van der Waals surface area contributed by atoms with Crippen molar-refractivity contribution in [3.63, 3.8) is 0 Å². The first-order valence-electron chi connectivity index (χ1n) is 10.7. The SMILES string of the molecule is Cc1ccc(C(=O)NCC/C=C/CC(=O)Cc2ccccc2NC(=O)OC(C)(C)C)cc1. The summed E-state index contributed by atoms with van der Waals surface area (Å²) in [6.45, 7) is 7.86. The Labute approximate surface area is 190 Å². The van der Waals surface area contributed by atoms with Gasteiger partial charge in [0, 0.05) is 30.6 Å². The number of carbonyl (C=O) groups is 3. The van der Waals surface area contributed by atoms with Gasteiger partial charge in [-0.3, -0.25) is 14.9 Å². The van der Waals surface area contributed by atoms with Crippen LogP contribution >= 0.6 is 0 Å². The molecule has 2 N–H and O–H groups in total. The Bertz CT molecular complexity index is 957. The number of benzene rings is 2. The molecule has 0 aliphatic heterocycles. The number of hydrogen-bond donors (Lipinski definition) is 2. The van der Waals surface area contributed by atoms with Crippen molar-refractivity contribution >= 4 is 23.5 Å². The third-order valence-electron chi connectivity index (χ3n) is 4.46. The van der Waals surface area contributed by atoms with E-state index in [0.29, 0.717) is 24.2 Å². The van der Waals surface area contributed by atoms with Gasteiger partial charge in [0.25, 0.3) is 5.91 Å². The lowest BCUT2D eigenvalue weighted by molar-refractivity contribution is -0.117. The zero-order valence-electron chi connectivity index (χ0n) is 19.2. The summed E-state index contributed by atoms with van der Waals surface area (Å²) in [6.07, 6.45) is 4.28. The average Bonchev–Trinajstić information content (AvgIpc) is 2.71. The number of Topliss-reactive ketones (excluding diaryl/α,β-unsaturated/α-hetero) is 1. The number of para-hydroxylation sites is 1. The molecule has 32 heavy (non-hydrogen) atoms. The first-order chi connectivity index (χ1) is 15.1. The fourth-order valence-corrected chi connectivity index (χ4v) is 2.90. The van der Waals surface area contributed by atoms with E-state index in [0.717, 1.165) is 11.1 Å². The van der Waals surface area contributed by atoms with Gasteiger partial charge in [-0.15, -0.1) is 0 Å². The molecular formula is C26H32N2O4. The Morgan fingerprint density at radius 1 is 0.969 bits per heavy atom. The summed E-state index contributed by atoms with van der Waals surface area (Å²) in [4.78, 5) is 36.5. The molecule has 0 atom stereocenters. The van der Waals surface area contributed by atoms with Crippen molar-refractivity contribution in [3.8, 4) is 0 Å². The molecule has 6 nitrogen and oxygen atoms in total. The maximum absolute atomic E-state index is 12.4. The topological polar surface area (TPSA) is 84.5 Å². The molecule has 0 heterocycles. The van der Waals surface area contributed by atoms with E-state index in [1.807, 2.05) is 43.3 Å². The second-order valence-corrected chi connectivity index (χ2v) is 8.59. The molecule has 2 rings (SSSR count). The molecule has 2 aromatic carbocycles. The Kier molecular flexibility index (Phi) is 9.20. The van der Waals surface area contributed by atoms with Crippen LogP contribution in [0, 0.1) is 6.92 Å². The van der Waals surface area contributed by atoms with Crippen LogP contribution in [0.25, 0.3) is 0 Å². The van der Waals surface area contributed by atoms with E-state index in [1.54, 1.807) is 45.0 Å². The molecule has 6 heteroatoms. The van der Waals surface area contributed by atoms with E-state index in [-0.39, 0.29) is 24.5 Å². The molecule has 0 spiro atoms. The third kappa shape index (κ3) is 9.16. The number of aryl methyl sites for hydroxylation is 1. The predicted molar refractivity (Wildman–Crippen MR) is 127 cm³/mol. The first kappa shape index (κ1) is 24.9. The molecule has 2 amide bonds. The summed E-state index contributed by atoms with van der Waals surface area (Å²) in [5.74, 6) is -0.0769. The zero-order valence-corrected chi connectivity index (χ0v) is 19.2. The fourth-order valence-electron chi connectivity index (χ4n) is 2.90. The van der Waals surface area contributed by atoms with Crippen LogP contribution in [0.1, 0.15) is 55.1 Å². The lowest BCUT2D eigenvalue weighted by atomic mass is 10.0. The van der Waals surface area contributed by atoms with Gasteiger partial charge in [0.05, 0.1) is 0 Å². The second kappa shape index (κ2) is 11.8. The molecule has 0 radical (unpaired) electrons. The number of hydrogen-bond acceptors (Lipinski definition) is 4. The van der Waals surface area contributed by atoms with Crippen LogP contribution in [0.15, 0.2) is 60.7 Å². The van der Waals surface area contributed by atoms with Crippen LogP contribution < -0.4 is 10.6 Å². The maximum atomic E-state index is 12.4. The van der Waals surface area contributed by atoms with Crippen LogP contribution in [0.2, 0.25) is 0 Å². The second-order valence-electron chi connectivity index (χ2n) is 8.59. The van der Waals surface area contributed by atoms with Gasteiger partial charge in [-0.1, -0.05) is 48.0 Å². The van der Waals surface area contributed by atoms with Gasteiger partial charge in [0.2, 0.25) is 0 Å². The quantitative estimate of drug-likeness (QED) is 0.417. The highest BCUT2D eigenvalue weighted by Crippen LogP contribution is 2.18. The molecule has 0 saturated carbocycles. The van der Waals surface area contributed by atoms with Crippen molar-refractivity contribution in [2.75, 3.05) is 11.9 Å². The molecule has 0 aromatic heterocycles. The minimum Gasteiger partial charge on any atom is -0.444 e. The van der Waals surface area contributed by atoms with Crippen LogP contribution in [0.4, 0.5) is 10.5 Å². The number of ether oxygens (including phenoxy) is 1. The summed E-state index contributed by atoms with van der Waals surface area (Å²) in [7, 11) is 0. The van der Waals surface area contributed by atoms with Gasteiger partial charge < -0.3 is 10.1 Å². The Morgan fingerprint density at radius 2 is 1.66 bits per heavy atom. The van der Waals surface area contributed by atoms with Crippen molar-refractivity contribution in [1.29, 1.82) is 0 Å². The van der Waals surface area contributed by atoms with Crippen LogP contribution in [0.5, 0.6) is 0 Å². The number of nitrogens with one attached hydrogen (secondary N) is 2. The van der Waals surface area contributed by atoms with Gasteiger partial charge in [-0.05, 0) is 57.9 Å². The Balaban J connectivity index is 1.76. The Morgan fingerprint density at radius 3 is 2.34 bits per heavy atom. The van der Waals surface area contributed by atoms with Crippen molar-refractivity contribution in [3.05, 3.63) is 77.4 Å². The highest BCUT2D eigenvalue weighted by Gasteiger charge is 2.17. The van der Waals surface area contributed by atoms with Crippen molar-refractivity contribution in [2.45, 2.75) is 52.6 Å². The molecular weight excluding hydrogens is 404 g/mol. The molecule has 0 bridgehead atoms. The lowest BCUT2D eigenvalue weighted by Crippen LogP contribution is -2.27. The molecule has 0 saturated heterocycles. The summed E-state index contributed by atoms with van der Waals surface area (Å²) >= 11 is 0. The molecule has 0 fully saturated rings. The highest BCUT2D eigenvalue weighted by molar-refractivity contribution is 5.94. The van der Waals surface area contributed by atoms with Gasteiger partial charge in [0.15, 0.2) is 0 Å². The number of anilines is 1. The molecule has 2 aromatic rings. The van der Waals surface area contributed by atoms with Gasteiger partial charge in [0.1, 0.15) is 11.4 Å². The standard InChI is InChI=1S/C26H32N2O4/c1-19-13-15-20(16-14-19)24(30)27-17-9-5-6-11-22(29)18-21-10-7-8-12-23(21)28-25(31)32-26(2,3)4/h5-8,10,12-16H,9,11,17-18H2,1-4H3,(H,27,30)(H,28,31)/b6-5+. The summed E-state index contributed by atoms with van der Waals surface area (Å²) in [6, 6.07) is 14.6. The monoisotopic (exact) mass is 436 g/mol. The molecule has 0 aliphatic rings. The first-order valence-corrected chi connectivity index (χ1v) is 10.7. The van der Waals surface area contributed by atoms with E-state index >= 15 is 0 Å². The minimum atomic E-state index is -0.598. The van der Waals surface area contributed by atoms with Crippen LogP contribution in [0.3, 0.4) is 0 Å². The average molecular weight is 437 g/mol. The third-order valence-corrected chi connectivity index (χ3v) is 4.46. The van der Waals surface area contributed by atoms with Crippen molar-refractivity contribution in [2.24, 2.45) is 0 Å². The molecule has 0 unspecified atom stereocenters. The molecule has 170 valence electrons. The van der Waals surface area contributed by atoms with Crippen LogP contribution in [-0.4, -0.2) is 29.9 Å². The summed E-state index contributed by atoms with van der Waals surface area (Å²) < 4.78 is 5.28. The summed E-state index contributed by atoms with van der Waals surface area (Å²) in [5, 5.41) is 5.57. The lowest BCUT2D eigenvalue weighted by Gasteiger charge is -2.20. The number of carbonyl (C=O) groups excluding carboxylic acids is 3. The van der Waals surface area contributed by atoms with E-state index in [4.69, 9.17) is 4.74 Å². The Hall–Kier alpha value is -3.41. The number of amides is 2. The summed E-state index contributed by atoms with van der Waals surface area (Å²) in [5.41, 5.74) is 2.45. The minimum absolute atomic E-state index is 0.0309. The van der Waals surface area contributed by atoms with E-state index < -0.39 is 11.7 Å². The maximum Gasteiger partial charge on any atom is 0.412 e. The van der Waals surface area contributed by atoms with Gasteiger partial charge >= 0.3 is 6.09 Å². The normalized spacial score (nSPS) is 11.2. The zero-order chi connectivity index (χ0) is 23.6. The predicted octanol–water partition coefficient (Wildman–Crippen LogP) is 5.22. The van der Waals surface area contributed by atoms with Gasteiger partial charge in [-0.2, -0.15) is 0 Å². The van der Waals surface area contributed by atoms with E-state index in [1.165, 1.54) is 0 Å². The largest absolute Gasteiger partial charge is 0.444 e. The fraction of sp³-hybridized carbons (Fsp3) is 0.346. The van der Waals surface area contributed by atoms with Crippen molar-refractivity contribution in [1.82, 2.24) is 5.32 Å². The molecule has 0 aliphatic carbocycles.